The van der Waals surface area contributed by atoms with Crippen LogP contribution in [0, 0.1) is 5.82 Å². The third kappa shape index (κ3) is 4.81. The highest BCUT2D eigenvalue weighted by Gasteiger charge is 2.22. The number of benzene rings is 1. The van der Waals surface area contributed by atoms with Gasteiger partial charge in [-0.2, -0.15) is 0 Å². The van der Waals surface area contributed by atoms with Crippen LogP contribution in [0.5, 0.6) is 0 Å². The summed E-state index contributed by atoms with van der Waals surface area (Å²) in [4.78, 5) is 12.1. The van der Waals surface area contributed by atoms with E-state index in [1.807, 2.05) is 13.8 Å². The first kappa shape index (κ1) is 19.2. The molecule has 2 aromatic rings. The third-order valence-electron chi connectivity index (χ3n) is 3.97. The van der Waals surface area contributed by atoms with Crippen LogP contribution in [0.4, 0.5) is 4.39 Å². The molecule has 2 rings (SSSR count). The molecule has 0 unspecified atom stereocenters. The maximum Gasteiger partial charge on any atom is 0.287 e. The summed E-state index contributed by atoms with van der Waals surface area (Å²) < 4.78 is 18.4. The van der Waals surface area contributed by atoms with Gasteiger partial charge in [0, 0.05) is 17.6 Å². The van der Waals surface area contributed by atoms with Crippen LogP contribution in [0.3, 0.4) is 0 Å². The predicted molar refractivity (Wildman–Crippen MR) is 91.2 cm³/mol. The van der Waals surface area contributed by atoms with Crippen molar-refractivity contribution < 1.29 is 13.6 Å². The van der Waals surface area contributed by atoms with E-state index in [0.717, 1.165) is 18.4 Å². The topological polar surface area (TPSA) is 68.3 Å². The lowest BCUT2D eigenvalue weighted by molar-refractivity contribution is 0.0915. The molecule has 0 radical (unpaired) electrons. The molecule has 4 nitrogen and oxygen atoms in total. The normalized spacial score (nSPS) is 11.0. The van der Waals surface area contributed by atoms with Crippen LogP contribution in [0.2, 0.25) is 0 Å². The fourth-order valence-electron chi connectivity index (χ4n) is 2.07. The van der Waals surface area contributed by atoms with Crippen LogP contribution in [-0.2, 0) is 0 Å². The van der Waals surface area contributed by atoms with Gasteiger partial charge in [0.1, 0.15) is 11.6 Å². The van der Waals surface area contributed by atoms with E-state index in [-0.39, 0.29) is 29.9 Å². The van der Waals surface area contributed by atoms with Crippen molar-refractivity contribution in [2.24, 2.45) is 5.73 Å². The quantitative estimate of drug-likeness (QED) is 0.841. The number of carbonyl (C=O) groups excluding carboxylic acids is 1. The van der Waals surface area contributed by atoms with Gasteiger partial charge in [-0.05, 0) is 49.2 Å². The van der Waals surface area contributed by atoms with E-state index in [9.17, 15) is 9.18 Å². The lowest BCUT2D eigenvalue weighted by Crippen LogP contribution is -2.49. The molecule has 0 saturated carbocycles. The Morgan fingerprint density at radius 2 is 1.78 bits per heavy atom. The Bertz CT molecular complexity index is 636. The van der Waals surface area contributed by atoms with E-state index in [4.69, 9.17) is 10.2 Å². The summed E-state index contributed by atoms with van der Waals surface area (Å²) in [5.74, 6) is 0.126. The molecule has 0 saturated heterocycles. The van der Waals surface area contributed by atoms with Gasteiger partial charge in [0.15, 0.2) is 5.76 Å². The van der Waals surface area contributed by atoms with Crippen molar-refractivity contribution >= 4 is 18.3 Å². The van der Waals surface area contributed by atoms with Gasteiger partial charge < -0.3 is 15.5 Å². The van der Waals surface area contributed by atoms with Crippen molar-refractivity contribution in [3.63, 3.8) is 0 Å². The minimum atomic E-state index is -0.401. The van der Waals surface area contributed by atoms with E-state index >= 15 is 0 Å². The minimum Gasteiger partial charge on any atom is -0.451 e. The van der Waals surface area contributed by atoms with Crippen LogP contribution in [-0.4, -0.2) is 18.0 Å². The molecule has 0 fully saturated rings. The highest BCUT2D eigenvalue weighted by molar-refractivity contribution is 5.92. The number of furan rings is 1. The second kappa shape index (κ2) is 8.13. The number of carbonyl (C=O) groups is 1. The Morgan fingerprint density at radius 3 is 2.35 bits per heavy atom. The number of hydrogen-bond donors (Lipinski definition) is 2. The fraction of sp³-hybridized carbons (Fsp3) is 0.353. The number of hydrogen-bond acceptors (Lipinski definition) is 3. The molecule has 23 heavy (non-hydrogen) atoms. The standard InChI is InChI=1S/C17H21FN2O2.ClH/c1-3-17(19,4-2)11-20-16(21)15-10-9-14(22-15)12-5-7-13(18)8-6-12;/h5-10H,3-4,11,19H2,1-2H3,(H,20,21);1H. The summed E-state index contributed by atoms with van der Waals surface area (Å²) in [6.45, 7) is 4.38. The summed E-state index contributed by atoms with van der Waals surface area (Å²) >= 11 is 0. The average Bonchev–Trinajstić information content (AvgIpc) is 3.03. The lowest BCUT2D eigenvalue weighted by Gasteiger charge is -2.26. The molecule has 1 aromatic heterocycles. The predicted octanol–water partition coefficient (Wildman–Crippen LogP) is 3.75. The molecule has 1 heterocycles. The molecule has 126 valence electrons. The van der Waals surface area contributed by atoms with Crippen molar-refractivity contribution in [3.05, 3.63) is 48.0 Å². The largest absolute Gasteiger partial charge is 0.451 e. The van der Waals surface area contributed by atoms with Crippen LogP contribution < -0.4 is 11.1 Å². The van der Waals surface area contributed by atoms with E-state index in [1.54, 1.807) is 24.3 Å². The number of nitrogens with one attached hydrogen (secondary N) is 1. The Morgan fingerprint density at radius 1 is 1.17 bits per heavy atom. The van der Waals surface area contributed by atoms with E-state index in [1.165, 1.54) is 12.1 Å². The first-order valence-electron chi connectivity index (χ1n) is 7.40. The molecule has 0 bridgehead atoms. The summed E-state index contributed by atoms with van der Waals surface area (Å²) in [6, 6.07) is 9.21. The number of amides is 1. The van der Waals surface area contributed by atoms with Crippen molar-refractivity contribution in [3.8, 4) is 11.3 Å². The van der Waals surface area contributed by atoms with E-state index in [2.05, 4.69) is 5.32 Å². The highest BCUT2D eigenvalue weighted by atomic mass is 35.5. The Kier molecular flexibility index (Phi) is 6.79. The fourth-order valence-corrected chi connectivity index (χ4v) is 2.07. The van der Waals surface area contributed by atoms with Gasteiger partial charge >= 0.3 is 0 Å². The van der Waals surface area contributed by atoms with Crippen LogP contribution in [0.1, 0.15) is 37.2 Å². The molecule has 0 aliphatic rings. The van der Waals surface area contributed by atoms with Gasteiger partial charge in [-0.15, -0.1) is 12.4 Å². The summed E-state index contributed by atoms with van der Waals surface area (Å²) in [5.41, 5.74) is 6.47. The molecule has 6 heteroatoms. The summed E-state index contributed by atoms with van der Waals surface area (Å²) in [6.07, 6.45) is 1.56. The Hall–Kier alpha value is -1.85. The van der Waals surface area contributed by atoms with Gasteiger partial charge in [0.2, 0.25) is 0 Å². The molecule has 1 aromatic carbocycles. The zero-order chi connectivity index (χ0) is 16.2. The molecular formula is C17H22ClFN2O2. The number of nitrogens with two attached hydrogens (primary N) is 1. The smallest absolute Gasteiger partial charge is 0.287 e. The second-order valence-electron chi connectivity index (χ2n) is 5.42. The Balaban J connectivity index is 0.00000264. The molecule has 0 atom stereocenters. The van der Waals surface area contributed by atoms with Gasteiger partial charge in [-0.3, -0.25) is 4.79 Å². The Labute approximate surface area is 141 Å². The first-order valence-corrected chi connectivity index (χ1v) is 7.40. The van der Waals surface area contributed by atoms with Gasteiger partial charge in [-0.1, -0.05) is 13.8 Å². The van der Waals surface area contributed by atoms with E-state index in [0.29, 0.717) is 12.3 Å². The maximum atomic E-state index is 12.9. The maximum absolute atomic E-state index is 12.9. The van der Waals surface area contributed by atoms with Crippen molar-refractivity contribution in [2.75, 3.05) is 6.54 Å². The van der Waals surface area contributed by atoms with Gasteiger partial charge in [-0.25, -0.2) is 4.39 Å². The molecule has 0 spiro atoms. The average molecular weight is 341 g/mol. The minimum absolute atomic E-state index is 0. The van der Waals surface area contributed by atoms with E-state index < -0.39 is 5.54 Å². The SMILES string of the molecule is CCC(N)(CC)CNC(=O)c1ccc(-c2ccc(F)cc2)o1.Cl. The van der Waals surface area contributed by atoms with Gasteiger partial charge in [0.05, 0.1) is 0 Å². The monoisotopic (exact) mass is 340 g/mol. The van der Waals surface area contributed by atoms with Crippen molar-refractivity contribution in [1.82, 2.24) is 5.32 Å². The zero-order valence-corrected chi connectivity index (χ0v) is 14.1. The highest BCUT2D eigenvalue weighted by Crippen LogP contribution is 2.22. The second-order valence-corrected chi connectivity index (χ2v) is 5.42. The van der Waals surface area contributed by atoms with Crippen molar-refractivity contribution in [2.45, 2.75) is 32.2 Å². The van der Waals surface area contributed by atoms with Crippen LogP contribution in [0.15, 0.2) is 40.8 Å². The zero-order valence-electron chi connectivity index (χ0n) is 13.3. The lowest BCUT2D eigenvalue weighted by atomic mass is 9.94. The molecule has 1 amide bonds. The van der Waals surface area contributed by atoms with Crippen LogP contribution in [0.25, 0.3) is 11.3 Å². The van der Waals surface area contributed by atoms with Crippen LogP contribution >= 0.6 is 12.4 Å². The molecule has 0 aliphatic heterocycles. The summed E-state index contributed by atoms with van der Waals surface area (Å²) in [7, 11) is 0. The number of rotatable bonds is 6. The molecule has 3 N–H and O–H groups in total. The number of halogens is 2. The summed E-state index contributed by atoms with van der Waals surface area (Å²) in [5, 5.41) is 2.80. The first-order chi connectivity index (χ1) is 10.5. The molecular weight excluding hydrogens is 319 g/mol. The third-order valence-corrected chi connectivity index (χ3v) is 3.97. The van der Waals surface area contributed by atoms with Gasteiger partial charge in [0.25, 0.3) is 5.91 Å². The molecule has 0 aliphatic carbocycles. The van der Waals surface area contributed by atoms with Crippen molar-refractivity contribution in [1.29, 1.82) is 0 Å².